The molecule has 10 heteroatoms. The van der Waals surface area contributed by atoms with E-state index in [1.165, 1.54) is 18.2 Å². The summed E-state index contributed by atoms with van der Waals surface area (Å²) in [7, 11) is 0. The van der Waals surface area contributed by atoms with E-state index in [1.54, 1.807) is 6.07 Å². The standard InChI is InChI=1S/C20H27F3N2O5/c21-20(22,23)30-15-3-1-2-12(10-15)4-5-14(26)11-16(18(25)28)19(29)8-6-13(7-9-19)17(24)27/h1-3,10,13-14,16,26,29H,4-9,11H2,(H2,24,27)(H2,25,28). The molecule has 1 fully saturated rings. The Kier molecular flexibility index (Phi) is 7.70. The molecule has 2 unspecified atom stereocenters. The number of alkyl halides is 3. The zero-order valence-corrected chi connectivity index (χ0v) is 16.4. The molecule has 0 aromatic heterocycles. The largest absolute Gasteiger partial charge is 0.573 e. The van der Waals surface area contributed by atoms with Crippen molar-refractivity contribution in [1.82, 2.24) is 0 Å². The lowest BCUT2D eigenvalue weighted by molar-refractivity contribution is -0.274. The molecule has 0 spiro atoms. The average Bonchev–Trinajstić information content (AvgIpc) is 2.63. The summed E-state index contributed by atoms with van der Waals surface area (Å²) >= 11 is 0. The smallest absolute Gasteiger partial charge is 0.406 e. The van der Waals surface area contributed by atoms with Crippen LogP contribution in [0.1, 0.15) is 44.1 Å². The van der Waals surface area contributed by atoms with Crippen LogP contribution in [0.25, 0.3) is 0 Å². The second-order valence-corrected chi connectivity index (χ2v) is 7.86. The van der Waals surface area contributed by atoms with Crippen LogP contribution in [-0.2, 0) is 16.0 Å². The van der Waals surface area contributed by atoms with Gasteiger partial charge < -0.3 is 26.4 Å². The molecule has 6 N–H and O–H groups in total. The Labute approximate surface area is 172 Å². The van der Waals surface area contributed by atoms with Gasteiger partial charge in [0.1, 0.15) is 5.75 Å². The summed E-state index contributed by atoms with van der Waals surface area (Å²) in [6, 6.07) is 5.41. The third-order valence-electron chi connectivity index (χ3n) is 5.65. The highest BCUT2D eigenvalue weighted by molar-refractivity contribution is 5.79. The molecule has 7 nitrogen and oxygen atoms in total. The van der Waals surface area contributed by atoms with E-state index in [-0.39, 0.29) is 43.8 Å². The quantitative estimate of drug-likeness (QED) is 0.472. The molecule has 1 aromatic carbocycles. The van der Waals surface area contributed by atoms with E-state index < -0.39 is 35.8 Å². The number of aryl methyl sites for hydroxylation is 1. The SMILES string of the molecule is NC(=O)C1CCC(O)(C(CC(O)CCc2cccc(OC(F)(F)F)c2)C(N)=O)CC1. The molecule has 0 aliphatic heterocycles. The van der Waals surface area contributed by atoms with Gasteiger partial charge in [-0.1, -0.05) is 12.1 Å². The second kappa shape index (κ2) is 9.65. The van der Waals surface area contributed by atoms with Gasteiger partial charge in [0.05, 0.1) is 17.6 Å². The summed E-state index contributed by atoms with van der Waals surface area (Å²) < 4.78 is 40.9. The summed E-state index contributed by atoms with van der Waals surface area (Å²) in [5.74, 6) is -2.94. The van der Waals surface area contributed by atoms with Gasteiger partial charge in [-0.3, -0.25) is 9.59 Å². The highest BCUT2D eigenvalue weighted by Gasteiger charge is 2.44. The van der Waals surface area contributed by atoms with Crippen molar-refractivity contribution < 1.29 is 37.7 Å². The maximum Gasteiger partial charge on any atom is 0.573 e. The molecular formula is C20H27F3N2O5. The minimum Gasteiger partial charge on any atom is -0.406 e. The van der Waals surface area contributed by atoms with Gasteiger partial charge in [0.15, 0.2) is 0 Å². The number of hydrogen-bond acceptors (Lipinski definition) is 5. The molecule has 0 saturated heterocycles. The van der Waals surface area contributed by atoms with E-state index in [1.807, 2.05) is 0 Å². The van der Waals surface area contributed by atoms with Crippen LogP contribution in [0.15, 0.2) is 24.3 Å². The van der Waals surface area contributed by atoms with Crippen LogP contribution < -0.4 is 16.2 Å². The van der Waals surface area contributed by atoms with Crippen LogP contribution >= 0.6 is 0 Å². The Morgan fingerprint density at radius 2 is 1.87 bits per heavy atom. The van der Waals surface area contributed by atoms with Crippen molar-refractivity contribution in [3.8, 4) is 5.75 Å². The number of ether oxygens (including phenoxy) is 1. The van der Waals surface area contributed by atoms with Gasteiger partial charge >= 0.3 is 6.36 Å². The molecule has 0 bridgehead atoms. The second-order valence-electron chi connectivity index (χ2n) is 7.86. The number of carbonyl (C=O) groups excluding carboxylic acids is 2. The van der Waals surface area contributed by atoms with Gasteiger partial charge in [-0.05, 0) is 62.6 Å². The van der Waals surface area contributed by atoms with Crippen molar-refractivity contribution in [2.45, 2.75) is 63.0 Å². The minimum absolute atomic E-state index is 0.0915. The van der Waals surface area contributed by atoms with Gasteiger partial charge in [0, 0.05) is 5.92 Å². The van der Waals surface area contributed by atoms with Crippen molar-refractivity contribution in [3.05, 3.63) is 29.8 Å². The highest BCUT2D eigenvalue weighted by atomic mass is 19.4. The molecule has 0 heterocycles. The van der Waals surface area contributed by atoms with E-state index in [0.29, 0.717) is 18.4 Å². The number of aliphatic hydroxyl groups is 2. The fourth-order valence-electron chi connectivity index (χ4n) is 3.97. The van der Waals surface area contributed by atoms with Crippen molar-refractivity contribution in [2.75, 3.05) is 0 Å². The average molecular weight is 432 g/mol. The monoisotopic (exact) mass is 432 g/mol. The molecular weight excluding hydrogens is 405 g/mol. The van der Waals surface area contributed by atoms with E-state index in [0.717, 1.165) is 0 Å². The first kappa shape index (κ1) is 23.9. The number of carbonyl (C=O) groups is 2. The Bertz CT molecular complexity index is 748. The summed E-state index contributed by atoms with van der Waals surface area (Å²) in [5.41, 5.74) is 9.83. The maximum atomic E-state index is 12.3. The normalized spacial score (nSPS) is 24.1. The predicted molar refractivity (Wildman–Crippen MR) is 101 cm³/mol. The Morgan fingerprint density at radius 1 is 1.23 bits per heavy atom. The van der Waals surface area contributed by atoms with Gasteiger partial charge in [0.25, 0.3) is 0 Å². The number of halogens is 3. The number of benzene rings is 1. The molecule has 1 aliphatic rings. The number of amides is 2. The zero-order valence-electron chi connectivity index (χ0n) is 16.4. The minimum atomic E-state index is -4.80. The summed E-state index contributed by atoms with van der Waals surface area (Å²) in [5, 5.41) is 21.3. The van der Waals surface area contributed by atoms with Crippen LogP contribution in [0.5, 0.6) is 5.75 Å². The lowest BCUT2D eigenvalue weighted by atomic mass is 9.70. The molecule has 1 aliphatic carbocycles. The van der Waals surface area contributed by atoms with E-state index in [4.69, 9.17) is 11.5 Å². The summed E-state index contributed by atoms with van der Waals surface area (Å²) in [6.45, 7) is 0. The molecule has 30 heavy (non-hydrogen) atoms. The third kappa shape index (κ3) is 6.88. The van der Waals surface area contributed by atoms with E-state index in [9.17, 15) is 33.0 Å². The lowest BCUT2D eigenvalue weighted by Crippen LogP contribution is -2.49. The predicted octanol–water partition coefficient (Wildman–Crippen LogP) is 1.78. The van der Waals surface area contributed by atoms with Gasteiger partial charge in [0.2, 0.25) is 11.8 Å². The van der Waals surface area contributed by atoms with Crippen LogP contribution in [0.4, 0.5) is 13.2 Å². The van der Waals surface area contributed by atoms with Crippen LogP contribution in [0.2, 0.25) is 0 Å². The van der Waals surface area contributed by atoms with Gasteiger partial charge in [-0.2, -0.15) is 0 Å². The highest BCUT2D eigenvalue weighted by Crippen LogP contribution is 2.39. The zero-order chi connectivity index (χ0) is 22.5. The number of rotatable bonds is 9. The molecule has 2 rings (SSSR count). The number of aliphatic hydroxyl groups excluding tert-OH is 1. The summed E-state index contributed by atoms with van der Waals surface area (Å²) in [4.78, 5) is 23.2. The molecule has 2 amide bonds. The van der Waals surface area contributed by atoms with Crippen molar-refractivity contribution in [1.29, 1.82) is 0 Å². The third-order valence-corrected chi connectivity index (χ3v) is 5.65. The Morgan fingerprint density at radius 3 is 2.40 bits per heavy atom. The lowest BCUT2D eigenvalue weighted by Gasteiger charge is -2.40. The molecule has 0 radical (unpaired) electrons. The van der Waals surface area contributed by atoms with Crippen molar-refractivity contribution in [3.63, 3.8) is 0 Å². The Balaban J connectivity index is 1.95. The van der Waals surface area contributed by atoms with Gasteiger partial charge in [-0.25, -0.2) is 0 Å². The van der Waals surface area contributed by atoms with Crippen molar-refractivity contribution >= 4 is 11.8 Å². The molecule has 2 atom stereocenters. The van der Waals surface area contributed by atoms with Crippen LogP contribution in [-0.4, -0.2) is 40.1 Å². The fraction of sp³-hybridized carbons (Fsp3) is 0.600. The maximum absolute atomic E-state index is 12.3. The topological polar surface area (TPSA) is 136 Å². The Hall–Kier alpha value is -2.33. The van der Waals surface area contributed by atoms with Crippen LogP contribution in [0, 0.1) is 11.8 Å². The first-order valence-electron chi connectivity index (χ1n) is 9.73. The first-order chi connectivity index (χ1) is 13.9. The number of nitrogens with two attached hydrogens (primary N) is 2. The summed E-state index contributed by atoms with van der Waals surface area (Å²) in [6.07, 6.45) is -4.51. The first-order valence-corrected chi connectivity index (χ1v) is 9.73. The van der Waals surface area contributed by atoms with Crippen molar-refractivity contribution in [2.24, 2.45) is 23.3 Å². The fourth-order valence-corrected chi connectivity index (χ4v) is 3.97. The molecule has 168 valence electrons. The molecule has 1 aromatic rings. The number of hydrogen-bond donors (Lipinski definition) is 4. The van der Waals surface area contributed by atoms with E-state index >= 15 is 0 Å². The van der Waals surface area contributed by atoms with Crippen LogP contribution in [0.3, 0.4) is 0 Å². The van der Waals surface area contributed by atoms with Gasteiger partial charge in [-0.15, -0.1) is 13.2 Å². The number of primary amides is 2. The van der Waals surface area contributed by atoms with E-state index in [2.05, 4.69) is 4.74 Å². The molecule has 1 saturated carbocycles.